The van der Waals surface area contributed by atoms with Gasteiger partial charge >= 0.3 is 5.97 Å². The largest absolute Gasteiger partial charge is 0.481 e. The molecule has 74 valence electrons. The number of hydrogen-bond acceptors (Lipinski definition) is 3. The first-order valence-corrected chi connectivity index (χ1v) is 4.75. The number of carboxylic acid groups (broad SMARTS) is 1. The predicted octanol–water partition coefficient (Wildman–Crippen LogP) is 1.15. The molecule has 1 atom stereocenters. The second-order valence-corrected chi connectivity index (χ2v) is 3.60. The number of hydrogen-bond donors (Lipinski definition) is 1. The number of carbonyl (C=O) groups is 1. The SMILES string of the molecule is CC(C(=O)O)c1ncnc2c1CCC2. The van der Waals surface area contributed by atoms with Crippen LogP contribution in [0, 0.1) is 0 Å². The Morgan fingerprint density at radius 3 is 3.00 bits per heavy atom. The predicted molar refractivity (Wildman–Crippen MR) is 50.1 cm³/mol. The first-order chi connectivity index (χ1) is 6.70. The van der Waals surface area contributed by atoms with E-state index in [1.165, 1.54) is 6.33 Å². The third-order valence-electron chi connectivity index (χ3n) is 2.69. The van der Waals surface area contributed by atoms with Crippen LogP contribution in [0.2, 0.25) is 0 Å². The molecule has 0 fully saturated rings. The van der Waals surface area contributed by atoms with Gasteiger partial charge in [0.25, 0.3) is 0 Å². The Balaban J connectivity index is 2.44. The van der Waals surface area contributed by atoms with Crippen molar-refractivity contribution < 1.29 is 9.90 Å². The van der Waals surface area contributed by atoms with E-state index in [1.54, 1.807) is 6.92 Å². The lowest BCUT2D eigenvalue weighted by Crippen LogP contribution is -2.12. The maximum absolute atomic E-state index is 10.8. The van der Waals surface area contributed by atoms with Crippen LogP contribution in [0.15, 0.2) is 6.33 Å². The van der Waals surface area contributed by atoms with Gasteiger partial charge in [0.15, 0.2) is 0 Å². The Morgan fingerprint density at radius 1 is 1.50 bits per heavy atom. The molecule has 0 bridgehead atoms. The first-order valence-electron chi connectivity index (χ1n) is 4.75. The van der Waals surface area contributed by atoms with Crippen LogP contribution in [0.3, 0.4) is 0 Å². The van der Waals surface area contributed by atoms with Crippen molar-refractivity contribution in [3.63, 3.8) is 0 Å². The Kier molecular flexibility index (Phi) is 2.19. The zero-order valence-electron chi connectivity index (χ0n) is 8.03. The second-order valence-electron chi connectivity index (χ2n) is 3.60. The molecular weight excluding hydrogens is 180 g/mol. The van der Waals surface area contributed by atoms with Crippen LogP contribution in [0.1, 0.15) is 36.2 Å². The zero-order chi connectivity index (χ0) is 10.1. The monoisotopic (exact) mass is 192 g/mol. The molecule has 1 aromatic rings. The van der Waals surface area contributed by atoms with Crippen molar-refractivity contribution in [3.05, 3.63) is 23.3 Å². The molecule has 1 heterocycles. The van der Waals surface area contributed by atoms with Crippen molar-refractivity contribution in [1.82, 2.24) is 9.97 Å². The lowest BCUT2D eigenvalue weighted by molar-refractivity contribution is -0.138. The molecule has 0 radical (unpaired) electrons. The van der Waals surface area contributed by atoms with Gasteiger partial charge in [0.1, 0.15) is 6.33 Å². The summed E-state index contributed by atoms with van der Waals surface area (Å²) in [6.45, 7) is 1.67. The summed E-state index contributed by atoms with van der Waals surface area (Å²) < 4.78 is 0. The lowest BCUT2D eigenvalue weighted by atomic mass is 10.0. The maximum atomic E-state index is 10.8. The van der Waals surface area contributed by atoms with Gasteiger partial charge in [-0.3, -0.25) is 4.79 Å². The van der Waals surface area contributed by atoms with Gasteiger partial charge in [-0.15, -0.1) is 0 Å². The minimum absolute atomic E-state index is 0.523. The van der Waals surface area contributed by atoms with Crippen LogP contribution in [0.4, 0.5) is 0 Å². The van der Waals surface area contributed by atoms with Crippen LogP contribution < -0.4 is 0 Å². The Bertz CT molecular complexity index is 376. The van der Waals surface area contributed by atoms with E-state index in [9.17, 15) is 4.79 Å². The number of aliphatic carboxylic acids is 1. The molecule has 1 aliphatic carbocycles. The molecule has 0 saturated heterocycles. The molecule has 0 saturated carbocycles. The molecule has 1 unspecified atom stereocenters. The number of aryl methyl sites for hydroxylation is 1. The van der Waals surface area contributed by atoms with Crippen molar-refractivity contribution in [2.24, 2.45) is 0 Å². The molecule has 4 nitrogen and oxygen atoms in total. The van der Waals surface area contributed by atoms with Crippen molar-refractivity contribution in [2.45, 2.75) is 32.1 Å². The highest BCUT2D eigenvalue weighted by Gasteiger charge is 2.24. The fourth-order valence-electron chi connectivity index (χ4n) is 1.87. The summed E-state index contributed by atoms with van der Waals surface area (Å²) in [6, 6.07) is 0. The average Bonchev–Trinajstić information content (AvgIpc) is 2.63. The molecule has 1 aliphatic rings. The molecule has 4 heteroatoms. The molecule has 0 aliphatic heterocycles. The van der Waals surface area contributed by atoms with Gasteiger partial charge in [-0.1, -0.05) is 0 Å². The minimum atomic E-state index is -0.821. The highest BCUT2D eigenvalue weighted by atomic mass is 16.4. The molecule has 1 N–H and O–H groups in total. The van der Waals surface area contributed by atoms with E-state index in [2.05, 4.69) is 9.97 Å². The Hall–Kier alpha value is -1.45. The highest BCUT2D eigenvalue weighted by molar-refractivity contribution is 5.75. The summed E-state index contributed by atoms with van der Waals surface area (Å²) in [6.07, 6.45) is 4.41. The summed E-state index contributed by atoms with van der Waals surface area (Å²) >= 11 is 0. The second kappa shape index (κ2) is 3.36. The van der Waals surface area contributed by atoms with Crippen molar-refractivity contribution in [2.75, 3.05) is 0 Å². The van der Waals surface area contributed by atoms with Crippen LogP contribution in [0.5, 0.6) is 0 Å². The quantitative estimate of drug-likeness (QED) is 0.763. The molecule has 0 spiro atoms. The number of aromatic nitrogens is 2. The summed E-state index contributed by atoms with van der Waals surface area (Å²) in [5.41, 5.74) is 2.78. The van der Waals surface area contributed by atoms with Gasteiger partial charge in [-0.2, -0.15) is 0 Å². The number of fused-ring (bicyclic) bond motifs is 1. The van der Waals surface area contributed by atoms with E-state index in [0.29, 0.717) is 5.69 Å². The smallest absolute Gasteiger partial charge is 0.312 e. The average molecular weight is 192 g/mol. The molecule has 2 rings (SSSR count). The molecule has 14 heavy (non-hydrogen) atoms. The van der Waals surface area contributed by atoms with Gasteiger partial charge in [-0.25, -0.2) is 9.97 Å². The van der Waals surface area contributed by atoms with E-state index >= 15 is 0 Å². The molecular formula is C10H12N2O2. The third-order valence-corrected chi connectivity index (χ3v) is 2.69. The Labute approximate surface area is 82.0 Å². The first kappa shape index (κ1) is 9.12. The van der Waals surface area contributed by atoms with Crippen LogP contribution >= 0.6 is 0 Å². The van der Waals surface area contributed by atoms with Crippen LogP contribution in [-0.4, -0.2) is 21.0 Å². The van der Waals surface area contributed by atoms with E-state index in [1.807, 2.05) is 0 Å². The summed E-state index contributed by atoms with van der Waals surface area (Å²) in [7, 11) is 0. The van der Waals surface area contributed by atoms with Gasteiger partial charge in [0, 0.05) is 5.69 Å². The van der Waals surface area contributed by atoms with Gasteiger partial charge in [0.2, 0.25) is 0 Å². The summed E-state index contributed by atoms with van der Waals surface area (Å²) in [4.78, 5) is 19.1. The van der Waals surface area contributed by atoms with E-state index in [-0.39, 0.29) is 0 Å². The van der Waals surface area contributed by atoms with E-state index in [4.69, 9.17) is 5.11 Å². The van der Waals surface area contributed by atoms with Gasteiger partial charge in [0.05, 0.1) is 11.6 Å². The van der Waals surface area contributed by atoms with Crippen molar-refractivity contribution in [3.8, 4) is 0 Å². The molecule has 0 amide bonds. The highest BCUT2D eigenvalue weighted by Crippen LogP contribution is 2.26. The van der Waals surface area contributed by atoms with Crippen LogP contribution in [-0.2, 0) is 17.6 Å². The maximum Gasteiger partial charge on any atom is 0.312 e. The number of rotatable bonds is 2. The summed E-state index contributed by atoms with van der Waals surface area (Å²) in [5.74, 6) is -1.34. The lowest BCUT2D eigenvalue weighted by Gasteiger charge is -2.09. The van der Waals surface area contributed by atoms with Crippen molar-refractivity contribution in [1.29, 1.82) is 0 Å². The van der Waals surface area contributed by atoms with E-state index < -0.39 is 11.9 Å². The Morgan fingerprint density at radius 2 is 2.29 bits per heavy atom. The van der Waals surface area contributed by atoms with Crippen molar-refractivity contribution >= 4 is 5.97 Å². The minimum Gasteiger partial charge on any atom is -0.481 e. The number of carboxylic acids is 1. The van der Waals surface area contributed by atoms with Gasteiger partial charge in [-0.05, 0) is 31.7 Å². The van der Waals surface area contributed by atoms with Gasteiger partial charge < -0.3 is 5.11 Å². The fourth-order valence-corrected chi connectivity index (χ4v) is 1.87. The summed E-state index contributed by atoms with van der Waals surface area (Å²) in [5, 5.41) is 8.91. The zero-order valence-corrected chi connectivity index (χ0v) is 8.03. The van der Waals surface area contributed by atoms with Crippen LogP contribution in [0.25, 0.3) is 0 Å². The van der Waals surface area contributed by atoms with E-state index in [0.717, 1.165) is 30.5 Å². The third kappa shape index (κ3) is 1.36. The molecule has 0 aromatic carbocycles. The fraction of sp³-hybridized carbons (Fsp3) is 0.500. The normalized spacial score (nSPS) is 16.4. The topological polar surface area (TPSA) is 63.1 Å². The number of nitrogens with zero attached hydrogens (tertiary/aromatic N) is 2. The molecule has 1 aromatic heterocycles. The standard InChI is InChI=1S/C10H12N2O2/c1-6(10(13)14)9-7-3-2-4-8(7)11-5-12-9/h5-6H,2-4H2,1H3,(H,13,14).